The fourth-order valence-electron chi connectivity index (χ4n) is 4.06. The van der Waals surface area contributed by atoms with Crippen LogP contribution in [-0.2, 0) is 0 Å². The second-order valence-electron chi connectivity index (χ2n) is 6.27. The van der Waals surface area contributed by atoms with Crippen LogP contribution in [0.2, 0.25) is 0 Å². The Morgan fingerprint density at radius 3 is 2.59 bits per heavy atom. The van der Waals surface area contributed by atoms with Crippen molar-refractivity contribution in [3.63, 3.8) is 0 Å². The maximum atomic E-state index is 3.46. The van der Waals surface area contributed by atoms with Crippen molar-refractivity contribution in [1.29, 1.82) is 0 Å². The monoisotopic (exact) mass is 238 g/mol. The Hall–Kier alpha value is -0.0800. The van der Waals surface area contributed by atoms with Crippen molar-refractivity contribution in [2.75, 3.05) is 26.7 Å². The topological polar surface area (TPSA) is 15.3 Å². The van der Waals surface area contributed by atoms with Crippen LogP contribution >= 0.6 is 0 Å². The van der Waals surface area contributed by atoms with E-state index in [-0.39, 0.29) is 0 Å². The smallest absolute Gasteiger partial charge is 0.00933 e. The van der Waals surface area contributed by atoms with E-state index in [1.54, 1.807) is 0 Å². The predicted octanol–water partition coefficient (Wildman–Crippen LogP) is 3.03. The van der Waals surface area contributed by atoms with Gasteiger partial charge in [-0.25, -0.2) is 0 Å². The van der Waals surface area contributed by atoms with E-state index in [1.807, 2.05) is 0 Å². The molecule has 1 saturated carbocycles. The lowest BCUT2D eigenvalue weighted by atomic mass is 9.73. The number of hydrogen-bond acceptors (Lipinski definition) is 2. The Balaban J connectivity index is 1.96. The molecule has 0 amide bonds. The number of nitrogens with one attached hydrogen (secondary N) is 1. The standard InChI is InChI=1S/C15H30N2/c1-3-14-8-7-11-17(14)13-15(12-16-2)9-5-4-6-10-15/h14,16H,3-13H2,1-2H3. The molecule has 17 heavy (non-hydrogen) atoms. The van der Waals surface area contributed by atoms with Crippen LogP contribution in [-0.4, -0.2) is 37.6 Å². The molecule has 2 nitrogen and oxygen atoms in total. The molecule has 2 rings (SSSR count). The molecule has 1 aliphatic heterocycles. The summed E-state index contributed by atoms with van der Waals surface area (Å²) in [5.74, 6) is 0. The first kappa shape index (κ1) is 13.4. The quantitative estimate of drug-likeness (QED) is 0.792. The SMILES string of the molecule is CCC1CCCN1CC1(CNC)CCCCC1. The molecule has 1 atom stereocenters. The van der Waals surface area contributed by atoms with Gasteiger partial charge in [-0.3, -0.25) is 4.90 Å². The average molecular weight is 238 g/mol. The number of likely N-dealkylation sites (tertiary alicyclic amines) is 1. The summed E-state index contributed by atoms with van der Waals surface area (Å²) in [7, 11) is 2.12. The van der Waals surface area contributed by atoms with E-state index in [0.29, 0.717) is 5.41 Å². The molecule has 0 radical (unpaired) electrons. The summed E-state index contributed by atoms with van der Waals surface area (Å²) < 4.78 is 0. The van der Waals surface area contributed by atoms with Gasteiger partial charge in [0.15, 0.2) is 0 Å². The lowest BCUT2D eigenvalue weighted by Gasteiger charge is -2.41. The first-order valence-electron chi connectivity index (χ1n) is 7.68. The average Bonchev–Trinajstić information content (AvgIpc) is 2.77. The van der Waals surface area contributed by atoms with E-state index in [2.05, 4.69) is 24.2 Å². The number of hydrogen-bond donors (Lipinski definition) is 1. The van der Waals surface area contributed by atoms with Gasteiger partial charge in [-0.15, -0.1) is 0 Å². The molecule has 1 saturated heterocycles. The van der Waals surface area contributed by atoms with Crippen molar-refractivity contribution >= 4 is 0 Å². The van der Waals surface area contributed by atoms with Gasteiger partial charge < -0.3 is 5.32 Å². The lowest BCUT2D eigenvalue weighted by Crippen LogP contribution is -2.46. The van der Waals surface area contributed by atoms with Crippen molar-refractivity contribution in [2.45, 2.75) is 64.3 Å². The third-order valence-electron chi connectivity index (χ3n) is 4.97. The summed E-state index contributed by atoms with van der Waals surface area (Å²) in [5.41, 5.74) is 0.588. The van der Waals surface area contributed by atoms with Crippen molar-refractivity contribution in [3.05, 3.63) is 0 Å². The molecular formula is C15H30N2. The van der Waals surface area contributed by atoms with Crippen LogP contribution in [0.4, 0.5) is 0 Å². The minimum atomic E-state index is 0.588. The molecule has 1 heterocycles. The Labute approximate surface area is 107 Å². The van der Waals surface area contributed by atoms with Gasteiger partial charge in [0.1, 0.15) is 0 Å². The maximum absolute atomic E-state index is 3.46. The molecular weight excluding hydrogens is 208 g/mol. The zero-order valence-electron chi connectivity index (χ0n) is 11.8. The summed E-state index contributed by atoms with van der Waals surface area (Å²) in [4.78, 5) is 2.79. The highest BCUT2D eigenvalue weighted by molar-refractivity contribution is 4.90. The summed E-state index contributed by atoms with van der Waals surface area (Å²) in [6, 6.07) is 0.880. The third-order valence-corrected chi connectivity index (χ3v) is 4.97. The molecule has 1 N–H and O–H groups in total. The van der Waals surface area contributed by atoms with E-state index in [0.717, 1.165) is 6.04 Å². The van der Waals surface area contributed by atoms with Crippen LogP contribution in [0, 0.1) is 5.41 Å². The summed E-state index contributed by atoms with van der Waals surface area (Å²) in [6.07, 6.45) is 11.5. The minimum Gasteiger partial charge on any atom is -0.319 e. The predicted molar refractivity (Wildman–Crippen MR) is 74.3 cm³/mol. The highest BCUT2D eigenvalue weighted by Crippen LogP contribution is 2.38. The Morgan fingerprint density at radius 2 is 1.94 bits per heavy atom. The van der Waals surface area contributed by atoms with Crippen molar-refractivity contribution < 1.29 is 0 Å². The van der Waals surface area contributed by atoms with E-state index >= 15 is 0 Å². The summed E-state index contributed by atoms with van der Waals surface area (Å²) in [6.45, 7) is 6.28. The van der Waals surface area contributed by atoms with Crippen LogP contribution < -0.4 is 5.32 Å². The van der Waals surface area contributed by atoms with Crippen LogP contribution in [0.15, 0.2) is 0 Å². The molecule has 1 unspecified atom stereocenters. The van der Waals surface area contributed by atoms with Crippen LogP contribution in [0.25, 0.3) is 0 Å². The maximum Gasteiger partial charge on any atom is 0.00933 e. The van der Waals surface area contributed by atoms with Gasteiger partial charge >= 0.3 is 0 Å². The van der Waals surface area contributed by atoms with E-state index in [9.17, 15) is 0 Å². The molecule has 0 aromatic heterocycles. The van der Waals surface area contributed by atoms with Gasteiger partial charge in [0.05, 0.1) is 0 Å². The molecule has 1 aliphatic carbocycles. The van der Waals surface area contributed by atoms with Gasteiger partial charge in [0, 0.05) is 19.1 Å². The highest BCUT2D eigenvalue weighted by atomic mass is 15.2. The van der Waals surface area contributed by atoms with E-state index in [4.69, 9.17) is 0 Å². The number of rotatable bonds is 5. The largest absolute Gasteiger partial charge is 0.319 e. The molecule has 0 aromatic rings. The third kappa shape index (κ3) is 3.23. The second kappa shape index (κ2) is 6.19. The van der Waals surface area contributed by atoms with Gasteiger partial charge in [0.2, 0.25) is 0 Å². The van der Waals surface area contributed by atoms with E-state index in [1.165, 1.54) is 71.0 Å². The molecule has 100 valence electrons. The molecule has 0 aromatic carbocycles. The van der Waals surface area contributed by atoms with E-state index < -0.39 is 0 Å². The van der Waals surface area contributed by atoms with Gasteiger partial charge in [0.25, 0.3) is 0 Å². The summed E-state index contributed by atoms with van der Waals surface area (Å²) >= 11 is 0. The summed E-state index contributed by atoms with van der Waals surface area (Å²) in [5, 5.41) is 3.46. The first-order chi connectivity index (χ1) is 8.29. The van der Waals surface area contributed by atoms with Crippen LogP contribution in [0.1, 0.15) is 58.3 Å². The first-order valence-corrected chi connectivity index (χ1v) is 7.68. The Morgan fingerprint density at radius 1 is 1.18 bits per heavy atom. The zero-order valence-corrected chi connectivity index (χ0v) is 11.8. The van der Waals surface area contributed by atoms with Gasteiger partial charge in [-0.1, -0.05) is 26.2 Å². The molecule has 2 fully saturated rings. The number of nitrogens with zero attached hydrogens (tertiary/aromatic N) is 1. The van der Waals surface area contributed by atoms with Crippen molar-refractivity contribution in [1.82, 2.24) is 10.2 Å². The van der Waals surface area contributed by atoms with Gasteiger partial charge in [-0.2, -0.15) is 0 Å². The molecule has 0 spiro atoms. The minimum absolute atomic E-state index is 0.588. The Bertz CT molecular complexity index is 215. The molecule has 0 bridgehead atoms. The Kier molecular flexibility index (Phi) is 4.87. The molecule has 2 heteroatoms. The second-order valence-corrected chi connectivity index (χ2v) is 6.27. The normalized spacial score (nSPS) is 29.6. The van der Waals surface area contributed by atoms with Crippen molar-refractivity contribution in [3.8, 4) is 0 Å². The molecule has 2 aliphatic rings. The van der Waals surface area contributed by atoms with Gasteiger partial charge in [-0.05, 0) is 51.1 Å². The highest BCUT2D eigenvalue weighted by Gasteiger charge is 2.36. The van der Waals surface area contributed by atoms with Crippen LogP contribution in [0.3, 0.4) is 0 Å². The zero-order chi connectivity index (χ0) is 12.1. The fourth-order valence-corrected chi connectivity index (χ4v) is 4.06. The fraction of sp³-hybridized carbons (Fsp3) is 1.00. The van der Waals surface area contributed by atoms with Crippen molar-refractivity contribution in [2.24, 2.45) is 5.41 Å². The lowest BCUT2D eigenvalue weighted by molar-refractivity contribution is 0.0953. The van der Waals surface area contributed by atoms with Crippen LogP contribution in [0.5, 0.6) is 0 Å².